The molecular weight excluding hydrogens is 374 g/mol. The molecule has 0 fully saturated rings. The molecule has 0 unspecified atom stereocenters. The van der Waals surface area contributed by atoms with Gasteiger partial charge in [-0.15, -0.1) is 0 Å². The summed E-state index contributed by atoms with van der Waals surface area (Å²) in [6.45, 7) is 1.55. The van der Waals surface area contributed by atoms with Crippen molar-refractivity contribution >= 4 is 22.8 Å². The van der Waals surface area contributed by atoms with Crippen LogP contribution in [0.4, 0.5) is 0 Å². The molecule has 1 amide bonds. The number of benzene rings is 2. The van der Waals surface area contributed by atoms with Gasteiger partial charge in [-0.05, 0) is 30.2 Å². The largest absolute Gasteiger partial charge is 0.480 e. The number of nitrogens with zero attached hydrogens (tertiary/aromatic N) is 2. The van der Waals surface area contributed by atoms with Gasteiger partial charge in [0.05, 0.1) is 10.9 Å². The van der Waals surface area contributed by atoms with E-state index in [9.17, 15) is 24.3 Å². The number of aliphatic carboxylic acids is 1. The minimum atomic E-state index is -1.15. The molecule has 0 saturated carbocycles. The molecule has 148 valence electrons. The maximum Gasteiger partial charge on any atom is 0.329 e. The van der Waals surface area contributed by atoms with E-state index in [1.54, 1.807) is 24.3 Å². The van der Waals surface area contributed by atoms with Gasteiger partial charge in [0, 0.05) is 13.0 Å². The Balaban J connectivity index is 1.76. The van der Waals surface area contributed by atoms with Crippen LogP contribution in [0.3, 0.4) is 0 Å². The second-order valence-corrected chi connectivity index (χ2v) is 7.12. The lowest BCUT2D eigenvalue weighted by molar-refractivity contribution is -0.152. The number of nitrogens with one attached hydrogen (secondary N) is 1. The number of H-pyrrole nitrogens is 1. The average molecular weight is 393 g/mol. The van der Waals surface area contributed by atoms with Crippen molar-refractivity contribution in [3.8, 4) is 0 Å². The smallest absolute Gasteiger partial charge is 0.329 e. The van der Waals surface area contributed by atoms with Crippen molar-refractivity contribution in [3.05, 3.63) is 80.5 Å². The molecule has 3 aromatic rings. The Bertz CT molecular complexity index is 1240. The van der Waals surface area contributed by atoms with Crippen LogP contribution in [0.25, 0.3) is 10.9 Å². The fraction of sp³-hybridized carbons (Fsp3) is 0.238. The number of aromatic amines is 1. The van der Waals surface area contributed by atoms with Gasteiger partial charge in [0.25, 0.3) is 5.56 Å². The van der Waals surface area contributed by atoms with Crippen LogP contribution in [0, 0.1) is 0 Å². The molecule has 2 atom stereocenters. The fourth-order valence-electron chi connectivity index (χ4n) is 3.85. The summed E-state index contributed by atoms with van der Waals surface area (Å²) in [7, 11) is 0. The van der Waals surface area contributed by atoms with Crippen molar-refractivity contribution in [2.45, 2.75) is 32.0 Å². The summed E-state index contributed by atoms with van der Waals surface area (Å²) in [5.74, 6) is -1.71. The van der Waals surface area contributed by atoms with Crippen LogP contribution in [-0.4, -0.2) is 37.5 Å². The lowest BCUT2D eigenvalue weighted by Gasteiger charge is -2.36. The summed E-state index contributed by atoms with van der Waals surface area (Å²) < 4.78 is 0.851. The zero-order valence-electron chi connectivity index (χ0n) is 15.7. The van der Waals surface area contributed by atoms with Crippen LogP contribution in [0.1, 0.15) is 24.1 Å². The van der Waals surface area contributed by atoms with E-state index in [4.69, 9.17) is 0 Å². The fourth-order valence-corrected chi connectivity index (χ4v) is 3.85. The number of carboxylic acid groups (broad SMARTS) is 1. The van der Waals surface area contributed by atoms with Crippen molar-refractivity contribution in [1.29, 1.82) is 0 Å². The molecule has 4 rings (SSSR count). The van der Waals surface area contributed by atoms with Gasteiger partial charge in [0.15, 0.2) is 0 Å². The average Bonchev–Trinajstić information content (AvgIpc) is 2.72. The van der Waals surface area contributed by atoms with Gasteiger partial charge < -0.3 is 15.0 Å². The zero-order valence-corrected chi connectivity index (χ0v) is 15.7. The third-order valence-electron chi connectivity index (χ3n) is 5.40. The van der Waals surface area contributed by atoms with Crippen LogP contribution in [0.5, 0.6) is 0 Å². The number of carboxylic acids is 1. The summed E-state index contributed by atoms with van der Waals surface area (Å²) in [5, 5.41) is 9.94. The Hall–Kier alpha value is -3.68. The standard InChI is InChI=1S/C21H19N3O5/c1-12(24-19(26)15-8-4-5-9-16(15)22-21(24)29)18(25)23-11-14-7-3-2-6-13(14)10-17(23)20(27)28/h2-9,12,17H,10-11H2,1H3,(H,22,29)(H,27,28)/t12-,17+/m0/s1. The number of fused-ring (bicyclic) bond motifs is 2. The molecule has 1 aliphatic rings. The van der Waals surface area contributed by atoms with Gasteiger partial charge in [0.2, 0.25) is 5.91 Å². The maximum atomic E-state index is 13.2. The van der Waals surface area contributed by atoms with Gasteiger partial charge in [-0.2, -0.15) is 0 Å². The Kier molecular flexibility index (Phi) is 4.54. The molecule has 0 bridgehead atoms. The van der Waals surface area contributed by atoms with E-state index >= 15 is 0 Å². The molecule has 2 heterocycles. The second-order valence-electron chi connectivity index (χ2n) is 7.12. The Labute approximate surface area is 165 Å². The van der Waals surface area contributed by atoms with Crippen molar-refractivity contribution in [2.75, 3.05) is 0 Å². The highest BCUT2D eigenvalue weighted by Crippen LogP contribution is 2.25. The maximum absolute atomic E-state index is 13.2. The van der Waals surface area contributed by atoms with E-state index in [2.05, 4.69) is 4.98 Å². The van der Waals surface area contributed by atoms with Crippen molar-refractivity contribution < 1.29 is 14.7 Å². The molecule has 0 aliphatic carbocycles. The predicted octanol–water partition coefficient (Wildman–Crippen LogP) is 1.29. The highest BCUT2D eigenvalue weighted by atomic mass is 16.4. The predicted molar refractivity (Wildman–Crippen MR) is 106 cm³/mol. The minimum Gasteiger partial charge on any atom is -0.480 e. The summed E-state index contributed by atoms with van der Waals surface area (Å²) in [5.41, 5.74) is 0.810. The molecule has 1 aliphatic heterocycles. The molecule has 8 nitrogen and oxygen atoms in total. The summed E-state index contributed by atoms with van der Waals surface area (Å²) in [6.07, 6.45) is 0.174. The van der Waals surface area contributed by atoms with Gasteiger partial charge in [0.1, 0.15) is 12.1 Å². The number of para-hydroxylation sites is 1. The first-order valence-corrected chi connectivity index (χ1v) is 9.22. The molecule has 1 aromatic heterocycles. The van der Waals surface area contributed by atoms with Crippen LogP contribution in [0.2, 0.25) is 0 Å². The lowest BCUT2D eigenvalue weighted by atomic mass is 9.93. The Morgan fingerprint density at radius 3 is 2.45 bits per heavy atom. The van der Waals surface area contributed by atoms with Gasteiger partial charge in [-0.25, -0.2) is 14.2 Å². The molecule has 29 heavy (non-hydrogen) atoms. The summed E-state index contributed by atoms with van der Waals surface area (Å²) in [4.78, 5) is 54.2. The van der Waals surface area contributed by atoms with Crippen molar-refractivity contribution in [3.63, 3.8) is 0 Å². The molecule has 0 saturated heterocycles. The van der Waals surface area contributed by atoms with Crippen molar-refractivity contribution in [1.82, 2.24) is 14.5 Å². The first kappa shape index (κ1) is 18.7. The van der Waals surface area contributed by atoms with Crippen LogP contribution in [-0.2, 0) is 22.6 Å². The molecule has 2 N–H and O–H groups in total. The number of aromatic nitrogens is 2. The zero-order chi connectivity index (χ0) is 20.7. The minimum absolute atomic E-state index is 0.108. The quantitative estimate of drug-likeness (QED) is 0.696. The van der Waals surface area contributed by atoms with Crippen LogP contribution >= 0.6 is 0 Å². The first-order chi connectivity index (χ1) is 13.9. The third-order valence-corrected chi connectivity index (χ3v) is 5.40. The summed E-state index contributed by atoms with van der Waals surface area (Å²) in [6, 6.07) is 11.7. The normalized spacial score (nSPS) is 17.0. The molecule has 2 aromatic carbocycles. The Morgan fingerprint density at radius 2 is 1.72 bits per heavy atom. The third kappa shape index (κ3) is 3.12. The van der Waals surface area contributed by atoms with Gasteiger partial charge >= 0.3 is 11.7 Å². The Morgan fingerprint density at radius 1 is 1.07 bits per heavy atom. The monoisotopic (exact) mass is 393 g/mol. The van der Waals surface area contributed by atoms with Crippen LogP contribution < -0.4 is 11.2 Å². The number of hydrogen-bond donors (Lipinski definition) is 2. The highest BCUT2D eigenvalue weighted by Gasteiger charge is 2.37. The number of hydrogen-bond acceptors (Lipinski definition) is 4. The summed E-state index contributed by atoms with van der Waals surface area (Å²) >= 11 is 0. The highest BCUT2D eigenvalue weighted by molar-refractivity contribution is 5.87. The van der Waals surface area contributed by atoms with Gasteiger partial charge in [-0.1, -0.05) is 36.4 Å². The van der Waals surface area contributed by atoms with E-state index in [-0.39, 0.29) is 18.4 Å². The molecular formula is C21H19N3O5. The van der Waals surface area contributed by atoms with Crippen LogP contribution in [0.15, 0.2) is 58.1 Å². The van der Waals surface area contributed by atoms with Crippen molar-refractivity contribution in [2.24, 2.45) is 0 Å². The topological polar surface area (TPSA) is 112 Å². The van der Waals surface area contributed by atoms with E-state index < -0.39 is 35.2 Å². The number of rotatable bonds is 3. The molecule has 0 radical (unpaired) electrons. The van der Waals surface area contributed by atoms with E-state index in [1.807, 2.05) is 24.3 Å². The van der Waals surface area contributed by atoms with Gasteiger partial charge in [-0.3, -0.25) is 9.59 Å². The molecule has 0 spiro atoms. The number of carbonyl (C=O) groups is 2. The second kappa shape index (κ2) is 7.05. The van der Waals surface area contributed by atoms with E-state index in [1.165, 1.54) is 11.8 Å². The molecule has 8 heteroatoms. The number of carbonyl (C=O) groups excluding carboxylic acids is 1. The lowest BCUT2D eigenvalue weighted by Crippen LogP contribution is -2.52. The number of amides is 1. The van der Waals surface area contributed by atoms with E-state index in [0.717, 1.165) is 15.7 Å². The first-order valence-electron chi connectivity index (χ1n) is 9.22. The van der Waals surface area contributed by atoms with E-state index in [0.29, 0.717) is 5.52 Å². The SMILES string of the molecule is C[C@@H](C(=O)N1Cc2ccccc2C[C@@H]1C(=O)O)n1c(=O)[nH]c2ccccc2c1=O.